The first-order valence-electron chi connectivity index (χ1n) is 6.62. The van der Waals surface area contributed by atoms with Crippen LogP contribution in [-0.2, 0) is 12.1 Å². The van der Waals surface area contributed by atoms with Crippen molar-refractivity contribution in [1.29, 1.82) is 0 Å². The first-order chi connectivity index (χ1) is 9.97. The Labute approximate surface area is 121 Å². The second-order valence-corrected chi connectivity index (χ2v) is 5.10. The van der Waals surface area contributed by atoms with Gasteiger partial charge in [0.25, 0.3) is 0 Å². The fourth-order valence-corrected chi connectivity index (χ4v) is 2.38. The summed E-state index contributed by atoms with van der Waals surface area (Å²) in [5.74, 6) is -1.78. The van der Waals surface area contributed by atoms with Crippen LogP contribution in [0, 0.1) is 17.6 Å². The van der Waals surface area contributed by atoms with Crippen LogP contribution in [0.4, 0.5) is 8.78 Å². The molecule has 2 atom stereocenters. The van der Waals surface area contributed by atoms with Crippen LogP contribution in [0.1, 0.15) is 12.5 Å². The number of nitrogens with one attached hydrogen (secondary N) is 1. The lowest BCUT2D eigenvalue weighted by atomic mass is 9.81. The molecule has 114 valence electrons. The molecule has 1 aromatic carbocycles. The van der Waals surface area contributed by atoms with Crippen LogP contribution in [-0.4, -0.2) is 33.5 Å². The van der Waals surface area contributed by atoms with Crippen molar-refractivity contribution in [1.82, 2.24) is 20.1 Å². The summed E-state index contributed by atoms with van der Waals surface area (Å²) in [7, 11) is 1.74. The van der Waals surface area contributed by atoms with Crippen LogP contribution < -0.4 is 5.32 Å². The summed E-state index contributed by atoms with van der Waals surface area (Å²) < 4.78 is 28.6. The normalized spacial score (nSPS) is 15.7. The number of hydrogen-bond acceptors (Lipinski definition) is 4. The van der Waals surface area contributed by atoms with Gasteiger partial charge < -0.3 is 10.4 Å². The highest BCUT2D eigenvalue weighted by atomic mass is 19.1. The number of hydrogen-bond donors (Lipinski definition) is 2. The molecule has 21 heavy (non-hydrogen) atoms. The SMILES string of the molecule is CNCC(C)C(O)(Cn1cncn1)c1ccc(F)cc1F. The molecular formula is C14H18F2N4O. The highest BCUT2D eigenvalue weighted by Crippen LogP contribution is 2.33. The Morgan fingerprint density at radius 3 is 2.76 bits per heavy atom. The van der Waals surface area contributed by atoms with Crippen molar-refractivity contribution in [2.75, 3.05) is 13.6 Å². The van der Waals surface area contributed by atoms with Crippen molar-refractivity contribution in [3.05, 3.63) is 48.1 Å². The molecular weight excluding hydrogens is 278 g/mol. The molecule has 0 fully saturated rings. The molecule has 5 nitrogen and oxygen atoms in total. The maximum absolute atomic E-state index is 14.1. The molecule has 0 aliphatic rings. The van der Waals surface area contributed by atoms with Crippen molar-refractivity contribution in [2.24, 2.45) is 5.92 Å². The van der Waals surface area contributed by atoms with E-state index in [0.29, 0.717) is 6.54 Å². The van der Waals surface area contributed by atoms with Crippen molar-refractivity contribution in [3.63, 3.8) is 0 Å². The molecule has 0 saturated carbocycles. The summed E-state index contributed by atoms with van der Waals surface area (Å²) >= 11 is 0. The van der Waals surface area contributed by atoms with E-state index in [1.54, 1.807) is 14.0 Å². The number of nitrogens with zero attached hydrogens (tertiary/aromatic N) is 3. The van der Waals surface area contributed by atoms with Gasteiger partial charge in [0.15, 0.2) is 0 Å². The standard InChI is InChI=1S/C14H18F2N4O/c1-10(6-17-2)14(21,7-20-9-18-8-19-20)12-4-3-11(15)5-13(12)16/h3-5,8-10,17,21H,6-7H2,1-2H3. The summed E-state index contributed by atoms with van der Waals surface area (Å²) in [5, 5.41) is 17.9. The van der Waals surface area contributed by atoms with Gasteiger partial charge in [-0.05, 0) is 13.1 Å². The van der Waals surface area contributed by atoms with E-state index >= 15 is 0 Å². The molecule has 2 aromatic rings. The Morgan fingerprint density at radius 2 is 2.19 bits per heavy atom. The zero-order chi connectivity index (χ0) is 15.5. The number of aliphatic hydroxyl groups is 1. The first kappa shape index (κ1) is 15.5. The molecule has 2 rings (SSSR count). The average molecular weight is 296 g/mol. The van der Waals surface area contributed by atoms with Gasteiger partial charge in [0.1, 0.15) is 29.9 Å². The molecule has 1 heterocycles. The van der Waals surface area contributed by atoms with Crippen LogP contribution in [0.15, 0.2) is 30.9 Å². The third-order valence-corrected chi connectivity index (χ3v) is 3.59. The Morgan fingerprint density at radius 1 is 1.43 bits per heavy atom. The predicted molar refractivity (Wildman–Crippen MR) is 73.4 cm³/mol. The Hall–Kier alpha value is -1.86. The first-order valence-corrected chi connectivity index (χ1v) is 6.62. The van der Waals surface area contributed by atoms with E-state index in [-0.39, 0.29) is 18.0 Å². The van der Waals surface area contributed by atoms with E-state index in [1.165, 1.54) is 23.4 Å². The fourth-order valence-electron chi connectivity index (χ4n) is 2.38. The third-order valence-electron chi connectivity index (χ3n) is 3.59. The lowest BCUT2D eigenvalue weighted by Crippen LogP contribution is -2.43. The quantitative estimate of drug-likeness (QED) is 0.843. The Bertz CT molecular complexity index is 591. The van der Waals surface area contributed by atoms with Gasteiger partial charge in [0, 0.05) is 24.1 Å². The van der Waals surface area contributed by atoms with Crippen LogP contribution in [0.5, 0.6) is 0 Å². The van der Waals surface area contributed by atoms with E-state index in [0.717, 1.165) is 12.1 Å². The van der Waals surface area contributed by atoms with Crippen LogP contribution in [0.25, 0.3) is 0 Å². The number of aromatic nitrogens is 3. The molecule has 0 saturated heterocycles. The van der Waals surface area contributed by atoms with E-state index in [2.05, 4.69) is 15.4 Å². The molecule has 0 radical (unpaired) electrons. The van der Waals surface area contributed by atoms with E-state index < -0.39 is 17.2 Å². The minimum absolute atomic E-state index is 0.0262. The average Bonchev–Trinajstić information content (AvgIpc) is 2.91. The predicted octanol–water partition coefficient (Wildman–Crippen LogP) is 1.30. The van der Waals surface area contributed by atoms with Crippen molar-refractivity contribution in [3.8, 4) is 0 Å². The van der Waals surface area contributed by atoms with Crippen LogP contribution >= 0.6 is 0 Å². The van der Waals surface area contributed by atoms with Crippen LogP contribution in [0.2, 0.25) is 0 Å². The zero-order valence-corrected chi connectivity index (χ0v) is 11.9. The number of halogens is 2. The molecule has 0 aliphatic carbocycles. The van der Waals surface area contributed by atoms with E-state index in [4.69, 9.17) is 0 Å². The van der Waals surface area contributed by atoms with Gasteiger partial charge in [-0.1, -0.05) is 13.0 Å². The highest BCUT2D eigenvalue weighted by molar-refractivity contribution is 5.26. The Kier molecular flexibility index (Phi) is 4.64. The molecule has 0 bridgehead atoms. The number of rotatable bonds is 6. The summed E-state index contributed by atoms with van der Waals surface area (Å²) in [6.07, 6.45) is 2.78. The largest absolute Gasteiger partial charge is 0.383 e. The van der Waals surface area contributed by atoms with E-state index in [1.807, 2.05) is 0 Å². The van der Waals surface area contributed by atoms with Gasteiger partial charge in [-0.2, -0.15) is 5.10 Å². The topological polar surface area (TPSA) is 63.0 Å². The van der Waals surface area contributed by atoms with E-state index in [9.17, 15) is 13.9 Å². The second kappa shape index (κ2) is 6.28. The fraction of sp³-hybridized carbons (Fsp3) is 0.429. The second-order valence-electron chi connectivity index (χ2n) is 5.10. The smallest absolute Gasteiger partial charge is 0.137 e. The third kappa shape index (κ3) is 3.25. The molecule has 0 spiro atoms. The molecule has 2 unspecified atom stereocenters. The van der Waals surface area contributed by atoms with Gasteiger partial charge in [-0.3, -0.25) is 0 Å². The van der Waals surface area contributed by atoms with Gasteiger partial charge in [-0.25, -0.2) is 18.4 Å². The minimum atomic E-state index is -1.53. The molecule has 1 aromatic heterocycles. The van der Waals surface area contributed by atoms with Crippen LogP contribution in [0.3, 0.4) is 0 Å². The van der Waals surface area contributed by atoms with Gasteiger partial charge >= 0.3 is 0 Å². The summed E-state index contributed by atoms with van der Waals surface area (Å²) in [5.41, 5.74) is -1.49. The monoisotopic (exact) mass is 296 g/mol. The van der Waals surface area contributed by atoms with Crippen molar-refractivity contribution >= 4 is 0 Å². The minimum Gasteiger partial charge on any atom is -0.383 e. The maximum atomic E-state index is 14.1. The molecule has 0 amide bonds. The lowest BCUT2D eigenvalue weighted by molar-refractivity contribution is -0.0379. The molecule has 7 heteroatoms. The summed E-state index contributed by atoms with van der Waals surface area (Å²) in [6.45, 7) is 2.27. The molecule has 2 N–H and O–H groups in total. The number of benzene rings is 1. The van der Waals surface area contributed by atoms with Gasteiger partial charge in [0.05, 0.1) is 6.54 Å². The lowest BCUT2D eigenvalue weighted by Gasteiger charge is -2.34. The van der Waals surface area contributed by atoms with Gasteiger partial charge in [0.2, 0.25) is 0 Å². The highest BCUT2D eigenvalue weighted by Gasteiger charge is 2.38. The van der Waals surface area contributed by atoms with Gasteiger partial charge in [-0.15, -0.1) is 0 Å². The summed E-state index contributed by atoms with van der Waals surface area (Å²) in [6, 6.07) is 3.18. The Balaban J connectivity index is 2.43. The maximum Gasteiger partial charge on any atom is 0.137 e. The summed E-state index contributed by atoms with van der Waals surface area (Å²) in [4.78, 5) is 3.81. The molecule has 0 aliphatic heterocycles. The zero-order valence-electron chi connectivity index (χ0n) is 11.9. The van der Waals surface area contributed by atoms with Crippen molar-refractivity contribution < 1.29 is 13.9 Å². The van der Waals surface area contributed by atoms with Crippen molar-refractivity contribution in [2.45, 2.75) is 19.1 Å².